The van der Waals surface area contributed by atoms with Crippen molar-refractivity contribution in [1.29, 1.82) is 0 Å². The molecule has 5 nitrogen and oxygen atoms in total. The predicted molar refractivity (Wildman–Crippen MR) is 85.8 cm³/mol. The van der Waals surface area contributed by atoms with Crippen LogP contribution < -0.4 is 4.90 Å². The average molecular weight is 332 g/mol. The van der Waals surface area contributed by atoms with E-state index in [1.807, 2.05) is 0 Å². The van der Waals surface area contributed by atoms with E-state index in [1.165, 1.54) is 14.2 Å². The third kappa shape index (κ3) is 2.53. The monoisotopic (exact) mass is 331 g/mol. The second-order valence-corrected chi connectivity index (χ2v) is 5.41. The van der Waals surface area contributed by atoms with Gasteiger partial charge in [-0.3, -0.25) is 9.59 Å². The normalized spacial score (nSPS) is 13.8. The van der Waals surface area contributed by atoms with Gasteiger partial charge in [-0.05, 0) is 30.3 Å². The summed E-state index contributed by atoms with van der Waals surface area (Å²) in [5.74, 6) is -0.712. The van der Waals surface area contributed by atoms with Crippen molar-refractivity contribution in [2.24, 2.45) is 0 Å². The lowest BCUT2D eigenvalue weighted by Gasteiger charge is -2.19. The molecule has 2 aromatic rings. The minimum absolute atomic E-state index is 0.356. The number of amides is 2. The first kappa shape index (κ1) is 15.7. The van der Waals surface area contributed by atoms with Gasteiger partial charge in [0.1, 0.15) is 0 Å². The number of fused-ring (bicyclic) bond motifs is 1. The maximum atomic E-state index is 12.5. The zero-order valence-corrected chi connectivity index (χ0v) is 13.3. The lowest BCUT2D eigenvalue weighted by molar-refractivity contribution is -0.105. The molecule has 0 aromatic heterocycles. The number of anilines is 1. The van der Waals surface area contributed by atoms with Gasteiger partial charge in [-0.25, -0.2) is 4.90 Å². The maximum absolute atomic E-state index is 12.5. The number of imide groups is 1. The van der Waals surface area contributed by atoms with E-state index in [1.54, 1.807) is 42.5 Å². The molecule has 1 heterocycles. The van der Waals surface area contributed by atoms with Gasteiger partial charge in [-0.15, -0.1) is 0 Å². The van der Waals surface area contributed by atoms with Crippen molar-refractivity contribution in [2.45, 2.75) is 6.29 Å². The van der Waals surface area contributed by atoms with Crippen LogP contribution in [-0.2, 0) is 9.47 Å². The fourth-order valence-corrected chi connectivity index (χ4v) is 2.83. The van der Waals surface area contributed by atoms with Crippen LogP contribution in [0.25, 0.3) is 0 Å². The Morgan fingerprint density at radius 1 is 0.957 bits per heavy atom. The number of hydrogen-bond donors (Lipinski definition) is 0. The van der Waals surface area contributed by atoms with Crippen LogP contribution in [0.4, 0.5) is 5.69 Å². The molecule has 2 amide bonds. The SMILES string of the molecule is COC(OC)c1cc(N2C(=O)c3ccccc3C2=O)ccc1Cl. The summed E-state index contributed by atoms with van der Waals surface area (Å²) in [6.45, 7) is 0. The molecule has 0 aliphatic carbocycles. The van der Waals surface area contributed by atoms with Gasteiger partial charge in [0.15, 0.2) is 6.29 Å². The Kier molecular flexibility index (Phi) is 4.17. The van der Waals surface area contributed by atoms with Crippen LogP contribution in [-0.4, -0.2) is 26.0 Å². The first-order valence-electron chi connectivity index (χ1n) is 6.91. The van der Waals surface area contributed by atoms with Crippen molar-refractivity contribution in [1.82, 2.24) is 0 Å². The summed E-state index contributed by atoms with van der Waals surface area (Å²) in [4.78, 5) is 26.2. The maximum Gasteiger partial charge on any atom is 0.266 e. The highest BCUT2D eigenvalue weighted by Crippen LogP contribution is 2.33. The molecule has 0 spiro atoms. The topological polar surface area (TPSA) is 55.8 Å². The van der Waals surface area contributed by atoms with Crippen molar-refractivity contribution in [3.8, 4) is 0 Å². The molecule has 0 fully saturated rings. The molecule has 0 atom stereocenters. The molecule has 0 saturated heterocycles. The Morgan fingerprint density at radius 3 is 2.04 bits per heavy atom. The molecular formula is C17H14ClNO4. The highest BCUT2D eigenvalue weighted by Gasteiger charge is 2.36. The third-order valence-electron chi connectivity index (χ3n) is 3.71. The van der Waals surface area contributed by atoms with Crippen LogP contribution in [0, 0.1) is 0 Å². The Hall–Kier alpha value is -2.21. The summed E-state index contributed by atoms with van der Waals surface area (Å²) in [7, 11) is 2.97. The first-order chi connectivity index (χ1) is 11.1. The Bertz CT molecular complexity index is 751. The molecular weight excluding hydrogens is 318 g/mol. The number of halogens is 1. The molecule has 0 unspecified atom stereocenters. The molecule has 2 aromatic carbocycles. The smallest absolute Gasteiger partial charge is 0.266 e. The zero-order valence-electron chi connectivity index (χ0n) is 12.6. The quantitative estimate of drug-likeness (QED) is 0.636. The summed E-state index contributed by atoms with van der Waals surface area (Å²) >= 11 is 6.17. The zero-order chi connectivity index (χ0) is 16.6. The summed E-state index contributed by atoms with van der Waals surface area (Å²) in [6.07, 6.45) is -0.683. The first-order valence-corrected chi connectivity index (χ1v) is 7.29. The van der Waals surface area contributed by atoms with E-state index in [2.05, 4.69) is 0 Å². The van der Waals surface area contributed by atoms with E-state index in [-0.39, 0.29) is 11.8 Å². The van der Waals surface area contributed by atoms with E-state index >= 15 is 0 Å². The van der Waals surface area contributed by atoms with E-state index in [4.69, 9.17) is 21.1 Å². The van der Waals surface area contributed by atoms with Gasteiger partial charge in [0, 0.05) is 24.8 Å². The molecule has 6 heteroatoms. The molecule has 23 heavy (non-hydrogen) atoms. The highest BCUT2D eigenvalue weighted by atomic mass is 35.5. The fourth-order valence-electron chi connectivity index (χ4n) is 2.62. The highest BCUT2D eigenvalue weighted by molar-refractivity contribution is 6.35. The second kappa shape index (κ2) is 6.12. The van der Waals surface area contributed by atoms with Gasteiger partial charge >= 0.3 is 0 Å². The predicted octanol–water partition coefficient (Wildman–Crippen LogP) is 3.43. The van der Waals surface area contributed by atoms with Crippen molar-refractivity contribution < 1.29 is 19.1 Å². The number of methoxy groups -OCH3 is 2. The van der Waals surface area contributed by atoms with Crippen LogP contribution in [0.1, 0.15) is 32.6 Å². The molecule has 0 radical (unpaired) electrons. The van der Waals surface area contributed by atoms with E-state index in [0.29, 0.717) is 27.4 Å². The molecule has 118 valence electrons. The van der Waals surface area contributed by atoms with Gasteiger partial charge in [0.2, 0.25) is 0 Å². The lowest BCUT2D eigenvalue weighted by Crippen LogP contribution is -2.29. The van der Waals surface area contributed by atoms with Crippen LogP contribution in [0.15, 0.2) is 42.5 Å². The minimum Gasteiger partial charge on any atom is -0.352 e. The number of carbonyl (C=O) groups excluding carboxylic acids is 2. The number of ether oxygens (including phenoxy) is 2. The minimum atomic E-state index is -0.683. The van der Waals surface area contributed by atoms with Crippen LogP contribution >= 0.6 is 11.6 Å². The number of nitrogens with zero attached hydrogens (tertiary/aromatic N) is 1. The van der Waals surface area contributed by atoms with Crippen molar-refractivity contribution >= 4 is 29.1 Å². The molecule has 3 rings (SSSR count). The van der Waals surface area contributed by atoms with Gasteiger partial charge in [0.05, 0.1) is 16.8 Å². The van der Waals surface area contributed by atoms with Crippen molar-refractivity contribution in [3.05, 3.63) is 64.2 Å². The molecule has 0 bridgehead atoms. The Balaban J connectivity index is 2.05. The Labute approximate surface area is 138 Å². The van der Waals surface area contributed by atoms with Crippen molar-refractivity contribution in [3.63, 3.8) is 0 Å². The summed E-state index contributed by atoms with van der Waals surface area (Å²) in [6, 6.07) is 11.6. The molecule has 0 saturated carbocycles. The Morgan fingerprint density at radius 2 is 1.52 bits per heavy atom. The third-order valence-corrected chi connectivity index (χ3v) is 4.06. The van der Waals surface area contributed by atoms with Gasteiger partial charge in [0.25, 0.3) is 11.8 Å². The van der Waals surface area contributed by atoms with Gasteiger partial charge < -0.3 is 9.47 Å². The number of benzene rings is 2. The van der Waals surface area contributed by atoms with E-state index < -0.39 is 6.29 Å². The average Bonchev–Trinajstić information content (AvgIpc) is 2.82. The number of carbonyl (C=O) groups is 2. The fraction of sp³-hybridized carbons (Fsp3) is 0.176. The largest absolute Gasteiger partial charge is 0.352 e. The van der Waals surface area contributed by atoms with E-state index in [0.717, 1.165) is 4.90 Å². The second-order valence-electron chi connectivity index (χ2n) is 5.00. The standard InChI is InChI=1S/C17H14ClNO4/c1-22-17(23-2)13-9-10(7-8-14(13)18)19-15(20)11-5-3-4-6-12(11)16(19)21/h3-9,17H,1-2H3. The van der Waals surface area contributed by atoms with Crippen molar-refractivity contribution in [2.75, 3.05) is 19.1 Å². The molecule has 0 N–H and O–H groups in total. The summed E-state index contributed by atoms with van der Waals surface area (Å²) < 4.78 is 10.4. The number of rotatable bonds is 4. The molecule has 1 aliphatic heterocycles. The van der Waals surface area contributed by atoms with Gasteiger partial charge in [-0.2, -0.15) is 0 Å². The van der Waals surface area contributed by atoms with Gasteiger partial charge in [-0.1, -0.05) is 23.7 Å². The number of hydrogen-bond acceptors (Lipinski definition) is 4. The van der Waals surface area contributed by atoms with Crippen LogP contribution in [0.5, 0.6) is 0 Å². The van der Waals surface area contributed by atoms with Crippen LogP contribution in [0.2, 0.25) is 5.02 Å². The summed E-state index contributed by atoms with van der Waals surface area (Å²) in [5.41, 5.74) is 1.76. The van der Waals surface area contributed by atoms with E-state index in [9.17, 15) is 9.59 Å². The molecule has 1 aliphatic rings. The van der Waals surface area contributed by atoms with Crippen LogP contribution in [0.3, 0.4) is 0 Å². The lowest BCUT2D eigenvalue weighted by atomic mass is 10.1. The summed E-state index contributed by atoms with van der Waals surface area (Å²) in [5, 5.41) is 0.430.